The van der Waals surface area contributed by atoms with Crippen LogP contribution in [0.2, 0.25) is 5.02 Å². The van der Waals surface area contributed by atoms with Crippen LogP contribution in [0, 0.1) is 5.82 Å². The van der Waals surface area contributed by atoms with Crippen LogP contribution in [0.1, 0.15) is 37.7 Å². The van der Waals surface area contributed by atoms with Gasteiger partial charge in [-0.1, -0.05) is 36.9 Å². The average Bonchev–Trinajstić information content (AvgIpc) is 2.37. The smallest absolute Gasteiger partial charge is 0.314 e. The molecule has 1 aromatic carbocycles. The number of carboxylic acids is 1. The number of halogens is 3. The number of aliphatic carboxylic acids is 1. The van der Waals surface area contributed by atoms with Crippen molar-refractivity contribution < 1.29 is 14.3 Å². The normalized spacial score (nSPS) is 18.6. The molecular weight excluding hydrogens is 322 g/mol. The molecule has 2 nitrogen and oxygen atoms in total. The lowest BCUT2D eigenvalue weighted by atomic mass is 9.69. The van der Waals surface area contributed by atoms with E-state index in [1.54, 1.807) is 6.07 Å². The predicted octanol–water partition coefficient (Wildman–Crippen LogP) is 4.53. The fourth-order valence-corrected chi connectivity index (χ4v) is 3.65. The van der Waals surface area contributed by atoms with Crippen molar-refractivity contribution in [2.24, 2.45) is 0 Å². The van der Waals surface area contributed by atoms with Gasteiger partial charge >= 0.3 is 5.97 Å². The number of benzene rings is 1. The summed E-state index contributed by atoms with van der Waals surface area (Å²) in [6.07, 6.45) is 3.82. The summed E-state index contributed by atoms with van der Waals surface area (Å²) in [4.78, 5) is 11.6. The van der Waals surface area contributed by atoms with Gasteiger partial charge in [0.1, 0.15) is 0 Å². The van der Waals surface area contributed by atoms with Gasteiger partial charge in [-0.25, -0.2) is 4.39 Å². The first kappa shape index (κ1) is 13.8. The second-order valence-corrected chi connectivity index (χ2v) is 5.87. The van der Waals surface area contributed by atoms with Gasteiger partial charge in [0.15, 0.2) is 5.82 Å². The lowest BCUT2D eigenvalue weighted by Gasteiger charge is -2.34. The van der Waals surface area contributed by atoms with Crippen molar-refractivity contribution in [1.29, 1.82) is 0 Å². The van der Waals surface area contributed by atoms with E-state index in [4.69, 9.17) is 11.6 Å². The Morgan fingerprint density at radius 1 is 1.33 bits per heavy atom. The first-order valence-electron chi connectivity index (χ1n) is 5.86. The predicted molar refractivity (Wildman–Crippen MR) is 71.5 cm³/mol. The van der Waals surface area contributed by atoms with E-state index < -0.39 is 17.2 Å². The zero-order chi connectivity index (χ0) is 13.3. The number of hydrogen-bond acceptors (Lipinski definition) is 1. The number of hydrogen-bond donors (Lipinski definition) is 1. The lowest BCUT2D eigenvalue weighted by molar-refractivity contribution is -0.145. The molecule has 1 saturated carbocycles. The monoisotopic (exact) mass is 334 g/mol. The van der Waals surface area contributed by atoms with Crippen LogP contribution >= 0.6 is 27.5 Å². The minimum absolute atomic E-state index is 0.00183. The third kappa shape index (κ3) is 2.16. The minimum Gasteiger partial charge on any atom is -0.481 e. The molecule has 1 N–H and O–H groups in total. The van der Waals surface area contributed by atoms with Crippen LogP contribution in [0.4, 0.5) is 4.39 Å². The average molecular weight is 336 g/mol. The van der Waals surface area contributed by atoms with Gasteiger partial charge in [0.2, 0.25) is 0 Å². The van der Waals surface area contributed by atoms with E-state index in [2.05, 4.69) is 15.9 Å². The molecule has 0 aliphatic heterocycles. The third-order valence-electron chi connectivity index (χ3n) is 3.67. The van der Waals surface area contributed by atoms with E-state index >= 15 is 0 Å². The fraction of sp³-hybridized carbons (Fsp3) is 0.462. The molecule has 0 heterocycles. The molecule has 0 spiro atoms. The molecule has 0 radical (unpaired) electrons. The summed E-state index contributed by atoms with van der Waals surface area (Å²) in [5.41, 5.74) is -0.487. The summed E-state index contributed by atoms with van der Waals surface area (Å²) in [5.74, 6) is -1.47. The Hall–Kier alpha value is -0.610. The van der Waals surface area contributed by atoms with E-state index in [1.165, 1.54) is 6.07 Å². The Balaban J connectivity index is 2.56. The van der Waals surface area contributed by atoms with Crippen molar-refractivity contribution in [2.45, 2.75) is 37.5 Å². The zero-order valence-corrected chi connectivity index (χ0v) is 12.0. The summed E-state index contributed by atoms with van der Waals surface area (Å²) in [6.45, 7) is 0. The van der Waals surface area contributed by atoms with Crippen LogP contribution in [0.15, 0.2) is 16.6 Å². The molecule has 98 valence electrons. The molecule has 0 bridgehead atoms. The first-order chi connectivity index (χ1) is 8.49. The molecule has 1 aliphatic carbocycles. The number of carbonyl (C=O) groups is 1. The molecule has 0 unspecified atom stereocenters. The van der Waals surface area contributed by atoms with Gasteiger partial charge in [0, 0.05) is 0 Å². The van der Waals surface area contributed by atoms with E-state index in [9.17, 15) is 14.3 Å². The van der Waals surface area contributed by atoms with Gasteiger partial charge in [-0.3, -0.25) is 4.79 Å². The van der Waals surface area contributed by atoms with Gasteiger partial charge in [0.25, 0.3) is 0 Å². The second-order valence-electron chi connectivity index (χ2n) is 4.67. The number of rotatable bonds is 2. The maximum atomic E-state index is 13.8. The summed E-state index contributed by atoms with van der Waals surface area (Å²) in [6, 6.07) is 3.05. The molecule has 1 aliphatic rings. The Morgan fingerprint density at radius 3 is 2.50 bits per heavy atom. The zero-order valence-electron chi connectivity index (χ0n) is 9.68. The second kappa shape index (κ2) is 5.17. The van der Waals surface area contributed by atoms with E-state index in [0.29, 0.717) is 18.4 Å². The largest absolute Gasteiger partial charge is 0.481 e. The van der Waals surface area contributed by atoms with Crippen LogP contribution in [-0.2, 0) is 10.2 Å². The van der Waals surface area contributed by atoms with Crippen LogP contribution < -0.4 is 0 Å². The summed E-state index contributed by atoms with van der Waals surface area (Å²) in [5, 5.41) is 9.55. The highest BCUT2D eigenvalue weighted by molar-refractivity contribution is 9.10. The number of carboxylic acid groups (broad SMARTS) is 1. The minimum atomic E-state index is -0.984. The summed E-state index contributed by atoms with van der Waals surface area (Å²) < 4.78 is 14.0. The summed E-state index contributed by atoms with van der Waals surface area (Å²) in [7, 11) is 0. The Kier molecular flexibility index (Phi) is 3.97. The molecule has 0 aromatic heterocycles. The van der Waals surface area contributed by atoms with Crippen LogP contribution in [0.5, 0.6) is 0 Å². The maximum Gasteiger partial charge on any atom is 0.314 e. The SMILES string of the molecule is O=C(O)C1(c2ccc(Cl)c(F)c2Br)CCCCC1. The Bertz CT molecular complexity index is 484. The van der Waals surface area contributed by atoms with Crippen LogP contribution in [-0.4, -0.2) is 11.1 Å². The van der Waals surface area contributed by atoms with E-state index in [1.807, 2.05) is 0 Å². The topological polar surface area (TPSA) is 37.3 Å². The van der Waals surface area contributed by atoms with Gasteiger partial charge in [-0.05, 0) is 40.4 Å². The molecule has 1 aromatic rings. The van der Waals surface area contributed by atoms with Crippen molar-refractivity contribution in [3.05, 3.63) is 33.0 Å². The Labute approximate surface area is 118 Å². The molecule has 0 atom stereocenters. The highest BCUT2D eigenvalue weighted by Crippen LogP contribution is 2.44. The standard InChI is InChI=1S/C13H13BrClFO2/c14-10-8(4-5-9(15)11(10)16)13(12(17)18)6-2-1-3-7-13/h4-5H,1-3,6-7H2,(H,17,18). The van der Waals surface area contributed by atoms with Crippen molar-refractivity contribution in [1.82, 2.24) is 0 Å². The highest BCUT2D eigenvalue weighted by Gasteiger charge is 2.43. The fourth-order valence-electron chi connectivity index (χ4n) is 2.65. The van der Waals surface area contributed by atoms with Gasteiger partial charge in [0.05, 0.1) is 14.9 Å². The molecule has 18 heavy (non-hydrogen) atoms. The first-order valence-corrected chi connectivity index (χ1v) is 7.03. The van der Waals surface area contributed by atoms with Gasteiger partial charge < -0.3 is 5.11 Å². The van der Waals surface area contributed by atoms with Crippen molar-refractivity contribution in [2.75, 3.05) is 0 Å². The van der Waals surface area contributed by atoms with E-state index in [-0.39, 0.29) is 9.50 Å². The van der Waals surface area contributed by atoms with Crippen molar-refractivity contribution in [3.8, 4) is 0 Å². The highest BCUT2D eigenvalue weighted by atomic mass is 79.9. The van der Waals surface area contributed by atoms with Gasteiger partial charge in [-0.2, -0.15) is 0 Å². The van der Waals surface area contributed by atoms with Crippen molar-refractivity contribution >= 4 is 33.5 Å². The molecule has 0 saturated heterocycles. The summed E-state index contributed by atoms with van der Waals surface area (Å²) >= 11 is 8.84. The van der Waals surface area contributed by atoms with E-state index in [0.717, 1.165) is 19.3 Å². The molecule has 1 fully saturated rings. The third-order valence-corrected chi connectivity index (χ3v) is 4.73. The maximum absolute atomic E-state index is 13.8. The molecular formula is C13H13BrClFO2. The molecule has 0 amide bonds. The van der Waals surface area contributed by atoms with Gasteiger partial charge in [-0.15, -0.1) is 0 Å². The van der Waals surface area contributed by atoms with Crippen LogP contribution in [0.25, 0.3) is 0 Å². The van der Waals surface area contributed by atoms with Crippen LogP contribution in [0.3, 0.4) is 0 Å². The van der Waals surface area contributed by atoms with Crippen molar-refractivity contribution in [3.63, 3.8) is 0 Å². The molecule has 5 heteroatoms. The Morgan fingerprint density at radius 2 is 1.94 bits per heavy atom. The molecule has 2 rings (SSSR count). The lowest BCUT2D eigenvalue weighted by Crippen LogP contribution is -2.38. The quantitative estimate of drug-likeness (QED) is 0.806.